The van der Waals surface area contributed by atoms with Crippen molar-refractivity contribution in [1.82, 2.24) is 20.9 Å². The van der Waals surface area contributed by atoms with Crippen LogP contribution in [0.1, 0.15) is 46.5 Å². The number of aliphatic hydroxyl groups is 2. The summed E-state index contributed by atoms with van der Waals surface area (Å²) in [6, 6.07) is 8.88. The van der Waals surface area contributed by atoms with Gasteiger partial charge in [0, 0.05) is 18.7 Å². The molecule has 0 radical (unpaired) electrons. The van der Waals surface area contributed by atoms with E-state index in [1.807, 2.05) is 6.07 Å². The van der Waals surface area contributed by atoms with Crippen LogP contribution in [-0.2, 0) is 5.41 Å². The van der Waals surface area contributed by atoms with Gasteiger partial charge in [0.05, 0.1) is 28.8 Å². The zero-order valence-corrected chi connectivity index (χ0v) is 23.9. The summed E-state index contributed by atoms with van der Waals surface area (Å²) in [5.41, 5.74) is 11.9. The molecular weight excluding hydrogens is 564 g/mol. The van der Waals surface area contributed by atoms with Crippen LogP contribution in [0.2, 0.25) is 5.02 Å². The van der Waals surface area contributed by atoms with Crippen molar-refractivity contribution >= 4 is 35.3 Å². The standard InChI is InChI=1S/C28H33ClN8O5/c1-26(2)10-11-42-20-15(7-5-8-16(20)26)23(39)34-19-13-37-25(31)33-18(12-32-22(38)14-6-3-4-9-17(14)29)21-27(37,28(19,40)41)36-24(30)35-21/h3-9,18-19,21,40-41H,10-13H2,1-2H3,(H2,31,33)(H,32,38)(H,34,39)(H3,30,35,36)/t18-,19?,21-,27-/m0/s1. The third-order valence-corrected chi connectivity index (χ3v) is 8.99. The minimum atomic E-state index is -2.63. The van der Waals surface area contributed by atoms with Crippen LogP contribution in [0.15, 0.2) is 52.4 Å². The number of fused-ring (bicyclic) bond motifs is 1. The fraction of sp³-hybridized carbons (Fsp3) is 0.429. The Morgan fingerprint density at radius 1 is 1.12 bits per heavy atom. The highest BCUT2D eigenvalue weighted by Gasteiger charge is 2.73. The molecule has 0 bridgehead atoms. The highest BCUT2D eigenvalue weighted by Crippen LogP contribution is 2.45. The molecule has 0 aliphatic carbocycles. The van der Waals surface area contributed by atoms with E-state index >= 15 is 0 Å². The number of nitrogens with two attached hydrogens (primary N) is 2. The molecular formula is C28H33ClN8O5. The molecule has 2 aromatic rings. The van der Waals surface area contributed by atoms with Crippen LogP contribution < -0.4 is 32.2 Å². The summed E-state index contributed by atoms with van der Waals surface area (Å²) in [5.74, 6) is -3.24. The molecule has 1 unspecified atom stereocenters. The number of nitrogens with one attached hydrogen (secondary N) is 3. The summed E-state index contributed by atoms with van der Waals surface area (Å²) >= 11 is 6.16. The van der Waals surface area contributed by atoms with Gasteiger partial charge in [-0.1, -0.05) is 49.7 Å². The first kappa shape index (κ1) is 28.1. The number of para-hydroxylation sites is 1. The van der Waals surface area contributed by atoms with Gasteiger partial charge in [-0.15, -0.1) is 0 Å². The Bertz CT molecular complexity index is 1530. The van der Waals surface area contributed by atoms with E-state index < -0.39 is 41.4 Å². The predicted octanol–water partition coefficient (Wildman–Crippen LogP) is -0.395. The second-order valence-electron chi connectivity index (χ2n) is 11.6. The van der Waals surface area contributed by atoms with Crippen molar-refractivity contribution in [1.29, 1.82) is 0 Å². The zero-order chi connectivity index (χ0) is 30.0. The number of benzene rings is 2. The third kappa shape index (κ3) is 4.14. The summed E-state index contributed by atoms with van der Waals surface area (Å²) in [7, 11) is 0. The minimum absolute atomic E-state index is 0.0351. The number of carbonyl (C=O) groups is 2. The summed E-state index contributed by atoms with van der Waals surface area (Å²) in [5, 5.41) is 32.2. The molecule has 4 aliphatic rings. The fourth-order valence-corrected chi connectivity index (χ4v) is 6.59. The lowest BCUT2D eigenvalue weighted by Gasteiger charge is -2.49. The molecule has 0 aromatic heterocycles. The highest BCUT2D eigenvalue weighted by molar-refractivity contribution is 6.33. The Morgan fingerprint density at radius 3 is 2.62 bits per heavy atom. The van der Waals surface area contributed by atoms with E-state index in [0.29, 0.717) is 12.4 Å². The van der Waals surface area contributed by atoms with Gasteiger partial charge < -0.3 is 47.3 Å². The SMILES string of the molecule is CC1(C)CCOc2c(C(=O)NC3CN4C(N)=N[C@@H](CNC(=O)c5ccccc5Cl)[C@@H]5N=C(N)N[C@@]54C3(O)O)cccc21. The van der Waals surface area contributed by atoms with E-state index in [9.17, 15) is 19.8 Å². The number of halogens is 1. The number of guanidine groups is 2. The van der Waals surface area contributed by atoms with E-state index in [0.717, 1.165) is 12.0 Å². The Labute approximate surface area is 247 Å². The molecule has 4 aliphatic heterocycles. The number of aliphatic imine (C=N–C) groups is 2. The van der Waals surface area contributed by atoms with Crippen LogP contribution in [0.4, 0.5) is 0 Å². The number of hydrogen-bond donors (Lipinski definition) is 7. The van der Waals surface area contributed by atoms with Gasteiger partial charge in [-0.3, -0.25) is 9.59 Å². The van der Waals surface area contributed by atoms with Crippen molar-refractivity contribution in [2.24, 2.45) is 21.5 Å². The molecule has 1 fully saturated rings. The fourth-order valence-electron chi connectivity index (χ4n) is 6.37. The Hall–Kier alpha value is -4.07. The average molecular weight is 597 g/mol. The number of carbonyl (C=O) groups excluding carboxylic acids is 2. The largest absolute Gasteiger partial charge is 0.492 e. The smallest absolute Gasteiger partial charge is 0.255 e. The maximum absolute atomic E-state index is 13.6. The minimum Gasteiger partial charge on any atom is -0.492 e. The third-order valence-electron chi connectivity index (χ3n) is 8.66. The second-order valence-corrected chi connectivity index (χ2v) is 12.0. The van der Waals surface area contributed by atoms with Crippen molar-refractivity contribution in [3.8, 4) is 5.75 Å². The second kappa shape index (κ2) is 9.75. The van der Waals surface area contributed by atoms with Crippen LogP contribution in [0.5, 0.6) is 5.75 Å². The van der Waals surface area contributed by atoms with Crippen molar-refractivity contribution in [2.45, 2.75) is 55.3 Å². The summed E-state index contributed by atoms with van der Waals surface area (Å²) in [6.07, 6.45) is 0.800. The van der Waals surface area contributed by atoms with E-state index in [2.05, 4.69) is 39.8 Å². The Morgan fingerprint density at radius 2 is 1.86 bits per heavy atom. The molecule has 2 aromatic carbocycles. The van der Waals surface area contributed by atoms with E-state index in [1.54, 1.807) is 36.4 Å². The number of rotatable bonds is 5. The maximum Gasteiger partial charge on any atom is 0.255 e. The number of amides is 2. The molecule has 14 heteroatoms. The summed E-state index contributed by atoms with van der Waals surface area (Å²) < 4.78 is 5.90. The number of nitrogens with zero attached hydrogens (tertiary/aromatic N) is 3. The molecule has 222 valence electrons. The van der Waals surface area contributed by atoms with Gasteiger partial charge in [-0.25, -0.2) is 9.98 Å². The topological polar surface area (TPSA) is 200 Å². The first-order valence-electron chi connectivity index (χ1n) is 13.6. The molecule has 42 heavy (non-hydrogen) atoms. The molecule has 13 nitrogen and oxygen atoms in total. The molecule has 4 atom stereocenters. The number of hydrogen-bond acceptors (Lipinski definition) is 11. The van der Waals surface area contributed by atoms with Crippen LogP contribution >= 0.6 is 11.6 Å². The molecule has 4 heterocycles. The number of ether oxygens (including phenoxy) is 1. The molecule has 1 saturated heterocycles. The first-order chi connectivity index (χ1) is 19.9. The van der Waals surface area contributed by atoms with Crippen molar-refractivity contribution in [2.75, 3.05) is 19.7 Å². The van der Waals surface area contributed by atoms with Gasteiger partial charge >= 0.3 is 0 Å². The van der Waals surface area contributed by atoms with Crippen molar-refractivity contribution < 1.29 is 24.5 Å². The lowest BCUT2D eigenvalue weighted by molar-refractivity contribution is -0.230. The van der Waals surface area contributed by atoms with Crippen LogP contribution in [0.3, 0.4) is 0 Å². The summed E-state index contributed by atoms with van der Waals surface area (Å²) in [6.45, 7) is 4.46. The first-order valence-corrected chi connectivity index (χ1v) is 14.0. The van der Waals surface area contributed by atoms with Crippen LogP contribution in [-0.4, -0.2) is 88.1 Å². The maximum atomic E-state index is 13.6. The lowest BCUT2D eigenvalue weighted by Crippen LogP contribution is -2.78. The quantitative estimate of drug-likeness (QED) is 0.224. The summed E-state index contributed by atoms with van der Waals surface area (Å²) in [4.78, 5) is 36.8. The highest BCUT2D eigenvalue weighted by atomic mass is 35.5. The van der Waals surface area contributed by atoms with Crippen molar-refractivity contribution in [3.63, 3.8) is 0 Å². The van der Waals surface area contributed by atoms with E-state index in [-0.39, 0.29) is 46.6 Å². The monoisotopic (exact) mass is 596 g/mol. The van der Waals surface area contributed by atoms with Crippen LogP contribution in [0.25, 0.3) is 0 Å². The van der Waals surface area contributed by atoms with Gasteiger partial charge in [0.15, 0.2) is 17.6 Å². The van der Waals surface area contributed by atoms with Gasteiger partial charge in [0.25, 0.3) is 11.8 Å². The van der Waals surface area contributed by atoms with Gasteiger partial charge in [0.2, 0.25) is 5.79 Å². The normalized spacial score (nSPS) is 28.2. The molecule has 1 spiro atoms. The van der Waals surface area contributed by atoms with E-state index in [1.165, 1.54) is 4.90 Å². The Kier molecular flexibility index (Phi) is 6.52. The molecule has 6 rings (SSSR count). The molecule has 9 N–H and O–H groups in total. The average Bonchev–Trinajstić information content (AvgIpc) is 3.41. The van der Waals surface area contributed by atoms with E-state index in [4.69, 9.17) is 27.8 Å². The van der Waals surface area contributed by atoms with Gasteiger partial charge in [-0.2, -0.15) is 0 Å². The predicted molar refractivity (Wildman–Crippen MR) is 155 cm³/mol. The molecule has 2 amide bonds. The van der Waals surface area contributed by atoms with Crippen LogP contribution in [0, 0.1) is 0 Å². The van der Waals surface area contributed by atoms with Crippen molar-refractivity contribution in [3.05, 3.63) is 64.2 Å². The zero-order valence-electron chi connectivity index (χ0n) is 23.1. The van der Waals surface area contributed by atoms with Gasteiger partial charge in [-0.05, 0) is 30.0 Å². The Balaban J connectivity index is 1.27. The molecule has 0 saturated carbocycles. The lowest BCUT2D eigenvalue weighted by atomic mass is 9.79. The van der Waals surface area contributed by atoms with Gasteiger partial charge in [0.1, 0.15) is 17.8 Å².